The summed E-state index contributed by atoms with van der Waals surface area (Å²) < 4.78 is 0. The van der Waals surface area contributed by atoms with Crippen LogP contribution in [0.2, 0.25) is 0 Å². The van der Waals surface area contributed by atoms with Gasteiger partial charge < -0.3 is 20.8 Å². The summed E-state index contributed by atoms with van der Waals surface area (Å²) in [5.74, 6) is -0.786. The molecule has 7 heteroatoms. The van der Waals surface area contributed by atoms with Gasteiger partial charge in [0.25, 0.3) is 5.79 Å². The molecule has 0 saturated heterocycles. The van der Waals surface area contributed by atoms with Gasteiger partial charge in [-0.2, -0.15) is 0 Å². The van der Waals surface area contributed by atoms with Gasteiger partial charge in [0.15, 0.2) is 0 Å². The zero-order valence-corrected chi connectivity index (χ0v) is 14.0. The van der Waals surface area contributed by atoms with Gasteiger partial charge in [-0.25, -0.2) is 9.79 Å². The number of aliphatic hydroxyl groups excluding tert-OH is 1. The van der Waals surface area contributed by atoms with Gasteiger partial charge in [-0.15, -0.1) is 0 Å². The fourth-order valence-corrected chi connectivity index (χ4v) is 4.47. The second-order valence-electron chi connectivity index (χ2n) is 8.08. The van der Waals surface area contributed by atoms with Crippen LogP contribution >= 0.6 is 0 Å². The molecule has 4 atom stereocenters. The third-order valence-electron chi connectivity index (χ3n) is 6.13. The number of hydrogen-bond acceptors (Lipinski definition) is 6. The third-order valence-corrected chi connectivity index (χ3v) is 6.13. The normalized spacial score (nSPS) is 46.2. The Morgan fingerprint density at radius 1 is 1.38 bits per heavy atom. The summed E-state index contributed by atoms with van der Waals surface area (Å²) in [5.41, 5.74) is -0.0632. The molecule has 5 N–H and O–H groups in total. The molecule has 5 aliphatic rings. The van der Waals surface area contributed by atoms with Crippen LogP contribution < -0.4 is 16.0 Å². The second kappa shape index (κ2) is 5.46. The Kier molecular flexibility index (Phi) is 3.61. The number of nitrogens with one attached hydrogen (secondary N) is 3. The Bertz CT molecular complexity index is 588. The minimum Gasteiger partial charge on any atom is -0.477 e. The number of nitrogens with zero attached hydrogens (tertiary/aromatic N) is 1. The Hall–Kier alpha value is -1.60. The van der Waals surface area contributed by atoms with E-state index in [1.165, 1.54) is 0 Å². The summed E-state index contributed by atoms with van der Waals surface area (Å²) in [7, 11) is 0. The lowest BCUT2D eigenvalue weighted by Gasteiger charge is -2.63. The number of aliphatic hydroxyl groups is 1. The van der Waals surface area contributed by atoms with Crippen LogP contribution in [-0.4, -0.2) is 45.9 Å². The van der Waals surface area contributed by atoms with E-state index in [4.69, 9.17) is 0 Å². The average Bonchev–Trinajstić information content (AvgIpc) is 2.46. The van der Waals surface area contributed by atoms with Crippen molar-refractivity contribution < 1.29 is 15.0 Å². The molecule has 1 aliphatic heterocycles. The summed E-state index contributed by atoms with van der Waals surface area (Å²) in [4.78, 5) is 16.1. The Morgan fingerprint density at radius 2 is 2.12 bits per heavy atom. The Balaban J connectivity index is 1.43. The van der Waals surface area contributed by atoms with Crippen molar-refractivity contribution >= 4 is 12.2 Å². The number of allylic oxidation sites excluding steroid dienone is 1. The molecule has 4 fully saturated rings. The van der Waals surface area contributed by atoms with E-state index in [0.717, 1.165) is 38.0 Å². The van der Waals surface area contributed by atoms with Crippen LogP contribution in [-0.2, 0) is 4.79 Å². The summed E-state index contributed by atoms with van der Waals surface area (Å²) in [6.07, 6.45) is 8.73. The van der Waals surface area contributed by atoms with E-state index in [2.05, 4.69) is 27.9 Å². The SMILES string of the molecule is C[C@@H]1CC[C@@H](NC2=CC=NC(NC34CC(C3)C4)(C(=O)O)N2)C[C@H]1O. The molecule has 2 bridgehead atoms. The molecule has 0 aromatic rings. The maximum atomic E-state index is 11.9. The summed E-state index contributed by atoms with van der Waals surface area (Å²) in [5, 5.41) is 29.5. The van der Waals surface area contributed by atoms with Crippen LogP contribution in [0.3, 0.4) is 0 Å². The first-order valence-corrected chi connectivity index (χ1v) is 8.91. The Labute approximate surface area is 141 Å². The van der Waals surface area contributed by atoms with E-state index >= 15 is 0 Å². The summed E-state index contributed by atoms with van der Waals surface area (Å²) >= 11 is 0. The summed E-state index contributed by atoms with van der Waals surface area (Å²) in [6, 6.07) is 0.142. The predicted molar refractivity (Wildman–Crippen MR) is 89.2 cm³/mol. The zero-order valence-electron chi connectivity index (χ0n) is 14.0. The molecule has 132 valence electrons. The molecule has 4 aliphatic carbocycles. The van der Waals surface area contributed by atoms with Crippen molar-refractivity contribution in [1.29, 1.82) is 0 Å². The minimum atomic E-state index is -1.50. The third kappa shape index (κ3) is 2.59. The fraction of sp³-hybridized carbons (Fsp3) is 0.765. The first-order chi connectivity index (χ1) is 11.4. The first-order valence-electron chi connectivity index (χ1n) is 8.91. The van der Waals surface area contributed by atoms with Gasteiger partial charge in [0.2, 0.25) is 0 Å². The van der Waals surface area contributed by atoms with Crippen molar-refractivity contribution in [2.24, 2.45) is 16.8 Å². The second-order valence-corrected chi connectivity index (χ2v) is 8.08. The van der Waals surface area contributed by atoms with Crippen molar-refractivity contribution in [3.8, 4) is 0 Å². The monoisotopic (exact) mass is 334 g/mol. The van der Waals surface area contributed by atoms with Crippen molar-refractivity contribution in [1.82, 2.24) is 16.0 Å². The lowest BCUT2D eigenvalue weighted by atomic mass is 9.49. The highest BCUT2D eigenvalue weighted by Crippen LogP contribution is 2.57. The molecule has 4 saturated carbocycles. The molecule has 0 spiro atoms. The molecular weight excluding hydrogens is 308 g/mol. The van der Waals surface area contributed by atoms with Gasteiger partial charge >= 0.3 is 5.97 Å². The minimum absolute atomic E-state index is 0.0632. The topological polar surface area (TPSA) is 106 Å². The van der Waals surface area contributed by atoms with Crippen LogP contribution in [0.25, 0.3) is 0 Å². The van der Waals surface area contributed by atoms with Gasteiger partial charge in [0.05, 0.1) is 6.10 Å². The quantitative estimate of drug-likeness (QED) is 0.502. The molecule has 0 amide bonds. The van der Waals surface area contributed by atoms with E-state index in [0.29, 0.717) is 18.2 Å². The van der Waals surface area contributed by atoms with Crippen molar-refractivity contribution in [2.75, 3.05) is 0 Å². The van der Waals surface area contributed by atoms with Crippen LogP contribution in [0.4, 0.5) is 0 Å². The van der Waals surface area contributed by atoms with Gasteiger partial charge in [0.1, 0.15) is 5.82 Å². The number of aliphatic carboxylic acids is 1. The molecular formula is C17H26N4O3. The fourth-order valence-electron chi connectivity index (χ4n) is 4.47. The molecule has 5 rings (SSSR count). The number of carboxylic acid groups (broad SMARTS) is 1. The van der Waals surface area contributed by atoms with Crippen LogP contribution in [0.15, 0.2) is 16.9 Å². The smallest absolute Gasteiger partial charge is 0.368 e. The van der Waals surface area contributed by atoms with Crippen molar-refractivity contribution in [2.45, 2.75) is 68.9 Å². The molecule has 1 heterocycles. The molecule has 0 radical (unpaired) electrons. The van der Waals surface area contributed by atoms with Gasteiger partial charge in [0, 0.05) is 17.8 Å². The number of aliphatic imine (C=N–C) groups is 1. The van der Waals surface area contributed by atoms with Gasteiger partial charge in [-0.05, 0) is 56.4 Å². The maximum absolute atomic E-state index is 11.9. The highest BCUT2D eigenvalue weighted by Gasteiger charge is 2.61. The average molecular weight is 334 g/mol. The largest absolute Gasteiger partial charge is 0.477 e. The Morgan fingerprint density at radius 3 is 2.71 bits per heavy atom. The highest BCUT2D eigenvalue weighted by atomic mass is 16.4. The van der Waals surface area contributed by atoms with Crippen molar-refractivity contribution in [3.63, 3.8) is 0 Å². The molecule has 1 unspecified atom stereocenters. The lowest BCUT2D eigenvalue weighted by Crippen LogP contribution is -2.77. The molecule has 7 nitrogen and oxygen atoms in total. The van der Waals surface area contributed by atoms with E-state index in [1.807, 2.05) is 0 Å². The predicted octanol–water partition coefficient (Wildman–Crippen LogP) is 0.521. The summed E-state index contributed by atoms with van der Waals surface area (Å²) in [6.45, 7) is 2.06. The number of carbonyl (C=O) groups is 1. The standard InChI is InChI=1S/C17H26N4O3/c1-10-2-3-12(6-13(10)22)19-14-4-5-18-17(20-14,15(23)24)21-16-7-11(8-16)9-16/h4-5,10-13,19-22H,2-3,6-9H2,1H3,(H,23,24)/t10-,11?,12-,13-,16?,17?/m1/s1. The van der Waals surface area contributed by atoms with E-state index in [9.17, 15) is 15.0 Å². The number of hydrogen-bond donors (Lipinski definition) is 5. The number of rotatable bonds is 5. The zero-order chi connectivity index (χ0) is 16.9. The van der Waals surface area contributed by atoms with Gasteiger partial charge in [-0.3, -0.25) is 5.32 Å². The first kappa shape index (κ1) is 15.9. The highest BCUT2D eigenvalue weighted by molar-refractivity contribution is 5.85. The number of carboxylic acids is 1. The van der Waals surface area contributed by atoms with Crippen LogP contribution in [0.1, 0.15) is 45.4 Å². The van der Waals surface area contributed by atoms with E-state index < -0.39 is 11.8 Å². The molecule has 0 aromatic carbocycles. The van der Waals surface area contributed by atoms with E-state index in [1.54, 1.807) is 12.3 Å². The van der Waals surface area contributed by atoms with Crippen LogP contribution in [0, 0.1) is 11.8 Å². The molecule has 24 heavy (non-hydrogen) atoms. The van der Waals surface area contributed by atoms with Gasteiger partial charge in [-0.1, -0.05) is 6.92 Å². The lowest BCUT2D eigenvalue weighted by molar-refractivity contribution is -0.153. The van der Waals surface area contributed by atoms with E-state index in [-0.39, 0.29) is 17.7 Å². The molecule has 0 aromatic heterocycles. The van der Waals surface area contributed by atoms with Crippen molar-refractivity contribution in [3.05, 3.63) is 11.9 Å². The maximum Gasteiger partial charge on any atom is 0.368 e. The van der Waals surface area contributed by atoms with Crippen LogP contribution in [0.5, 0.6) is 0 Å².